The Morgan fingerprint density at radius 2 is 1.38 bits per heavy atom. The van der Waals surface area contributed by atoms with E-state index in [1.807, 2.05) is 36.4 Å². The largest absolute Gasteiger partial charge is 0.383 e. The lowest BCUT2D eigenvalue weighted by Gasteiger charge is -2.11. The molecular weight excluding hydrogens is 548 g/mol. The Hall–Kier alpha value is -4.02. The topological polar surface area (TPSA) is 110 Å². The van der Waals surface area contributed by atoms with Crippen LogP contribution in [0.15, 0.2) is 78.4 Å². The number of nitrogen functional groups attached to an aromatic ring is 1. The number of pyridine rings is 1. The highest BCUT2D eigenvalue weighted by molar-refractivity contribution is 6.36. The Morgan fingerprint density at radius 3 is 1.95 bits per heavy atom. The fraction of sp³-hybridized carbons (Fsp3) is 0. The van der Waals surface area contributed by atoms with E-state index in [-0.39, 0.29) is 11.4 Å². The molecular formula is C28H15Cl4N5. The molecule has 0 aliphatic rings. The zero-order valence-corrected chi connectivity index (χ0v) is 21.9. The van der Waals surface area contributed by atoms with Crippen LogP contribution in [0.5, 0.6) is 0 Å². The van der Waals surface area contributed by atoms with Crippen molar-refractivity contribution in [3.8, 4) is 40.6 Å². The van der Waals surface area contributed by atoms with Crippen molar-refractivity contribution in [3.05, 3.63) is 110 Å². The molecule has 3 aromatic carbocycles. The molecule has 0 aliphatic heterocycles. The Labute approximate surface area is 234 Å². The van der Waals surface area contributed by atoms with Crippen molar-refractivity contribution in [1.29, 1.82) is 15.8 Å². The van der Waals surface area contributed by atoms with Crippen molar-refractivity contribution in [2.24, 2.45) is 0 Å². The summed E-state index contributed by atoms with van der Waals surface area (Å²) in [6.07, 6.45) is 1.42. The number of hydrogen-bond donors (Lipinski definition) is 1. The molecule has 37 heavy (non-hydrogen) atoms. The molecule has 1 heterocycles. The van der Waals surface area contributed by atoms with Gasteiger partial charge in [-0.1, -0.05) is 88.9 Å². The summed E-state index contributed by atoms with van der Waals surface area (Å²) in [7, 11) is 0. The number of nitrogens with zero attached hydrogens (tertiary/aromatic N) is 4. The third-order valence-corrected chi connectivity index (χ3v) is 6.06. The second-order valence-corrected chi connectivity index (χ2v) is 9.05. The second-order valence-electron chi connectivity index (χ2n) is 7.36. The SMILES string of the molecule is N#CC(C#N)=Cc1ccc(Cl)cc1Cl.N#Cc1c(-c2ccc(Cl)cc2Cl)cc(-c2ccccc2)nc1N. The molecule has 2 N–H and O–H groups in total. The minimum Gasteiger partial charge on any atom is -0.383 e. The number of nitrogens with two attached hydrogens (primary N) is 1. The summed E-state index contributed by atoms with van der Waals surface area (Å²) in [5.41, 5.74) is 9.83. The average molecular weight is 563 g/mol. The van der Waals surface area contributed by atoms with Crippen LogP contribution in [0.25, 0.3) is 28.5 Å². The van der Waals surface area contributed by atoms with Crippen molar-refractivity contribution >= 4 is 58.3 Å². The van der Waals surface area contributed by atoms with E-state index >= 15 is 0 Å². The summed E-state index contributed by atoms with van der Waals surface area (Å²) in [5.74, 6) is 0.176. The van der Waals surface area contributed by atoms with Crippen LogP contribution < -0.4 is 5.73 Å². The summed E-state index contributed by atoms with van der Waals surface area (Å²) in [5, 5.41) is 28.4. The van der Waals surface area contributed by atoms with E-state index in [0.717, 1.165) is 5.56 Å². The number of allylic oxidation sites excluding steroid dienone is 1. The first-order valence-electron chi connectivity index (χ1n) is 10.5. The van der Waals surface area contributed by atoms with Gasteiger partial charge in [-0.05, 0) is 42.0 Å². The summed E-state index contributed by atoms with van der Waals surface area (Å²) in [6, 6.07) is 27.0. The molecule has 0 atom stereocenters. The molecule has 1 aromatic heterocycles. The van der Waals surface area contributed by atoms with Crippen LogP contribution in [-0.2, 0) is 0 Å². The molecule has 0 radical (unpaired) electrons. The lowest BCUT2D eigenvalue weighted by Crippen LogP contribution is -2.00. The Balaban J connectivity index is 0.000000233. The molecule has 180 valence electrons. The van der Waals surface area contributed by atoms with Gasteiger partial charge in [-0.15, -0.1) is 0 Å². The minimum atomic E-state index is 0.00854. The first-order chi connectivity index (χ1) is 17.8. The summed E-state index contributed by atoms with van der Waals surface area (Å²) >= 11 is 23.8. The zero-order valence-electron chi connectivity index (χ0n) is 18.9. The molecule has 0 amide bonds. The van der Waals surface area contributed by atoms with Crippen LogP contribution in [0.2, 0.25) is 20.1 Å². The molecule has 0 bridgehead atoms. The molecule has 9 heteroatoms. The Bertz CT molecular complexity index is 1600. The van der Waals surface area contributed by atoms with Gasteiger partial charge in [-0.25, -0.2) is 4.98 Å². The molecule has 0 unspecified atom stereocenters. The van der Waals surface area contributed by atoms with Crippen LogP contribution in [0.4, 0.5) is 5.82 Å². The lowest BCUT2D eigenvalue weighted by molar-refractivity contribution is 1.31. The van der Waals surface area contributed by atoms with Gasteiger partial charge in [0.15, 0.2) is 0 Å². The molecule has 5 nitrogen and oxygen atoms in total. The van der Waals surface area contributed by atoms with Crippen molar-refractivity contribution < 1.29 is 0 Å². The normalized spacial score (nSPS) is 9.65. The number of anilines is 1. The number of nitriles is 3. The lowest BCUT2D eigenvalue weighted by atomic mass is 9.98. The fourth-order valence-corrected chi connectivity index (χ4v) is 4.20. The van der Waals surface area contributed by atoms with E-state index in [1.165, 1.54) is 6.08 Å². The number of hydrogen-bond acceptors (Lipinski definition) is 5. The van der Waals surface area contributed by atoms with E-state index in [2.05, 4.69) is 11.1 Å². The van der Waals surface area contributed by atoms with E-state index in [1.54, 1.807) is 48.5 Å². The molecule has 0 spiro atoms. The van der Waals surface area contributed by atoms with Crippen LogP contribution in [0.3, 0.4) is 0 Å². The van der Waals surface area contributed by atoms with Crippen LogP contribution in [0, 0.1) is 34.0 Å². The highest BCUT2D eigenvalue weighted by Crippen LogP contribution is 2.36. The first kappa shape index (κ1) is 27.6. The molecule has 4 aromatic rings. The molecule has 0 aliphatic carbocycles. The van der Waals surface area contributed by atoms with Gasteiger partial charge in [0.1, 0.15) is 35.2 Å². The Kier molecular flexibility index (Phi) is 9.53. The van der Waals surface area contributed by atoms with Crippen LogP contribution >= 0.6 is 46.4 Å². The molecule has 0 fully saturated rings. The predicted octanol–water partition coefficient (Wildman–Crippen LogP) is 8.60. The van der Waals surface area contributed by atoms with Gasteiger partial charge in [0.05, 0.1) is 5.69 Å². The highest BCUT2D eigenvalue weighted by atomic mass is 35.5. The summed E-state index contributed by atoms with van der Waals surface area (Å²) in [6.45, 7) is 0. The van der Waals surface area contributed by atoms with Crippen molar-refractivity contribution in [2.75, 3.05) is 5.73 Å². The van der Waals surface area contributed by atoms with Crippen LogP contribution in [-0.4, -0.2) is 4.98 Å². The second kappa shape index (κ2) is 12.8. The zero-order chi connectivity index (χ0) is 26.9. The Morgan fingerprint density at radius 1 is 0.757 bits per heavy atom. The third-order valence-electron chi connectivity index (χ3n) is 4.95. The summed E-state index contributed by atoms with van der Waals surface area (Å²) in [4.78, 5) is 4.33. The quantitative estimate of drug-likeness (QED) is 0.251. The maximum atomic E-state index is 9.43. The number of aromatic nitrogens is 1. The summed E-state index contributed by atoms with van der Waals surface area (Å²) < 4.78 is 0. The van der Waals surface area contributed by atoms with E-state index in [9.17, 15) is 5.26 Å². The molecule has 0 saturated carbocycles. The fourth-order valence-electron chi connectivity index (χ4n) is 3.22. The predicted molar refractivity (Wildman–Crippen MR) is 150 cm³/mol. The maximum absolute atomic E-state index is 9.43. The van der Waals surface area contributed by atoms with E-state index in [0.29, 0.717) is 48.0 Å². The van der Waals surface area contributed by atoms with Crippen LogP contribution in [0.1, 0.15) is 11.1 Å². The van der Waals surface area contributed by atoms with E-state index < -0.39 is 0 Å². The number of halogens is 4. The van der Waals surface area contributed by atoms with Gasteiger partial charge >= 0.3 is 0 Å². The van der Waals surface area contributed by atoms with Gasteiger partial charge in [0.2, 0.25) is 0 Å². The molecule has 0 saturated heterocycles. The third kappa shape index (κ3) is 7.02. The number of benzene rings is 3. The average Bonchev–Trinajstić information content (AvgIpc) is 2.89. The first-order valence-corrected chi connectivity index (χ1v) is 12.0. The van der Waals surface area contributed by atoms with Gasteiger partial charge in [0.25, 0.3) is 0 Å². The van der Waals surface area contributed by atoms with Crippen molar-refractivity contribution in [3.63, 3.8) is 0 Å². The van der Waals surface area contributed by atoms with Gasteiger partial charge in [-0.2, -0.15) is 15.8 Å². The standard InChI is InChI=1S/C18H11Cl2N3.C10H4Cl2N2/c19-12-6-7-13(16(20)8-12)14-9-17(11-4-2-1-3-5-11)23-18(22)15(14)10-21;11-9-2-1-8(10(12)4-9)3-7(5-13)6-14/h1-9H,(H2,22,23);1-4H. The van der Waals surface area contributed by atoms with E-state index in [4.69, 9.17) is 62.7 Å². The van der Waals surface area contributed by atoms with Crippen molar-refractivity contribution in [1.82, 2.24) is 4.98 Å². The number of rotatable bonds is 3. The highest BCUT2D eigenvalue weighted by Gasteiger charge is 2.15. The molecule has 4 rings (SSSR count). The van der Waals surface area contributed by atoms with Gasteiger partial charge in [-0.3, -0.25) is 0 Å². The monoisotopic (exact) mass is 561 g/mol. The minimum absolute atomic E-state index is 0.00854. The van der Waals surface area contributed by atoms with Gasteiger partial charge < -0.3 is 5.73 Å². The van der Waals surface area contributed by atoms with Gasteiger partial charge in [0, 0.05) is 36.8 Å². The van der Waals surface area contributed by atoms with Crippen molar-refractivity contribution in [2.45, 2.75) is 0 Å². The maximum Gasteiger partial charge on any atom is 0.142 e. The smallest absolute Gasteiger partial charge is 0.142 e.